The van der Waals surface area contributed by atoms with Crippen LogP contribution in [0.25, 0.3) is 0 Å². The number of amides is 1. The molecular formula is C19H29Cl2F3N4O. The molecule has 0 bridgehead atoms. The van der Waals surface area contributed by atoms with Gasteiger partial charge in [0.05, 0.1) is 6.04 Å². The Hall–Kier alpha value is -1.06. The number of piperazine rings is 1. The normalized spacial score (nSPS) is 21.7. The Morgan fingerprint density at radius 3 is 2.41 bits per heavy atom. The number of nitrogens with zero attached hydrogens (tertiary/aromatic N) is 2. The average Bonchev–Trinajstić information content (AvgIpc) is 3.10. The van der Waals surface area contributed by atoms with Crippen molar-refractivity contribution in [3.8, 4) is 0 Å². The highest BCUT2D eigenvalue weighted by molar-refractivity contribution is 5.85. The molecule has 1 aromatic rings. The second kappa shape index (κ2) is 12.0. The zero-order valence-corrected chi connectivity index (χ0v) is 17.8. The van der Waals surface area contributed by atoms with Crippen LogP contribution < -0.4 is 10.6 Å². The molecule has 0 aliphatic carbocycles. The number of hydrogen-bond acceptors (Lipinski definition) is 4. The number of alkyl halides is 3. The predicted octanol–water partition coefficient (Wildman–Crippen LogP) is 2.45. The smallest absolute Gasteiger partial charge is 0.353 e. The number of nitrogens with one attached hydrogen (secondary N) is 2. The first-order chi connectivity index (χ1) is 12.9. The molecule has 1 aromatic carbocycles. The van der Waals surface area contributed by atoms with E-state index in [4.69, 9.17) is 0 Å². The van der Waals surface area contributed by atoms with Gasteiger partial charge in [-0.25, -0.2) is 0 Å². The highest BCUT2D eigenvalue weighted by atomic mass is 35.5. The van der Waals surface area contributed by atoms with Crippen LogP contribution in [0.1, 0.15) is 18.4 Å². The largest absolute Gasteiger partial charge is 0.405 e. The molecule has 2 aliphatic rings. The van der Waals surface area contributed by atoms with Gasteiger partial charge < -0.3 is 10.6 Å². The molecule has 166 valence electrons. The highest BCUT2D eigenvalue weighted by Crippen LogP contribution is 2.25. The quantitative estimate of drug-likeness (QED) is 0.689. The first kappa shape index (κ1) is 26.0. The average molecular weight is 457 g/mol. The molecule has 10 heteroatoms. The molecule has 2 heterocycles. The van der Waals surface area contributed by atoms with Crippen LogP contribution in [-0.4, -0.2) is 73.2 Å². The molecule has 2 fully saturated rings. The van der Waals surface area contributed by atoms with Crippen molar-refractivity contribution in [2.45, 2.75) is 37.6 Å². The van der Waals surface area contributed by atoms with Crippen molar-refractivity contribution in [2.75, 3.05) is 39.3 Å². The fourth-order valence-electron chi connectivity index (χ4n) is 3.89. The van der Waals surface area contributed by atoms with E-state index in [1.165, 1.54) is 4.90 Å². The van der Waals surface area contributed by atoms with Crippen molar-refractivity contribution in [1.29, 1.82) is 0 Å². The summed E-state index contributed by atoms with van der Waals surface area (Å²) in [6, 6.07) is 7.83. The zero-order chi connectivity index (χ0) is 19.3. The number of carbonyl (C=O) groups is 1. The van der Waals surface area contributed by atoms with Crippen molar-refractivity contribution in [3.05, 3.63) is 35.9 Å². The molecule has 0 spiro atoms. The molecule has 0 saturated carbocycles. The minimum absolute atomic E-state index is 0. The van der Waals surface area contributed by atoms with E-state index in [-0.39, 0.29) is 36.8 Å². The summed E-state index contributed by atoms with van der Waals surface area (Å²) in [5, 5.41) is 5.64. The lowest BCUT2D eigenvalue weighted by atomic mass is 10.1. The lowest BCUT2D eigenvalue weighted by Crippen LogP contribution is -2.58. The van der Waals surface area contributed by atoms with Gasteiger partial charge in [-0.1, -0.05) is 30.3 Å². The third-order valence-electron chi connectivity index (χ3n) is 5.33. The Bertz CT molecular complexity index is 615. The Morgan fingerprint density at radius 1 is 1.14 bits per heavy atom. The number of rotatable bonds is 6. The highest BCUT2D eigenvalue weighted by Gasteiger charge is 2.44. The molecule has 29 heavy (non-hydrogen) atoms. The van der Waals surface area contributed by atoms with Gasteiger partial charge in [-0.2, -0.15) is 13.2 Å². The third-order valence-corrected chi connectivity index (χ3v) is 5.33. The van der Waals surface area contributed by atoms with Gasteiger partial charge in [0.25, 0.3) is 0 Å². The molecule has 0 radical (unpaired) electrons. The van der Waals surface area contributed by atoms with Gasteiger partial charge in [0, 0.05) is 39.3 Å². The van der Waals surface area contributed by atoms with Gasteiger partial charge in [0.1, 0.15) is 6.04 Å². The van der Waals surface area contributed by atoms with Crippen LogP contribution >= 0.6 is 24.8 Å². The van der Waals surface area contributed by atoms with E-state index < -0.39 is 18.8 Å². The number of hydrogen-bond donors (Lipinski definition) is 2. The van der Waals surface area contributed by atoms with Crippen LogP contribution in [0.2, 0.25) is 0 Å². The van der Waals surface area contributed by atoms with Crippen LogP contribution in [0.3, 0.4) is 0 Å². The molecule has 2 aliphatic heterocycles. The number of benzene rings is 1. The fourth-order valence-corrected chi connectivity index (χ4v) is 3.89. The second-order valence-electron chi connectivity index (χ2n) is 7.20. The summed E-state index contributed by atoms with van der Waals surface area (Å²) >= 11 is 0. The Labute approximate surface area is 182 Å². The lowest BCUT2D eigenvalue weighted by molar-refractivity contribution is -0.184. The van der Waals surface area contributed by atoms with E-state index in [1.54, 1.807) is 0 Å². The molecule has 1 amide bonds. The molecule has 2 atom stereocenters. The van der Waals surface area contributed by atoms with E-state index in [0.29, 0.717) is 39.1 Å². The number of carbonyl (C=O) groups excluding carboxylic acids is 1. The SMILES string of the molecule is Cl.Cl.O=C(NCC(N1CCNCC1)C(F)(F)F)C1CCCN1Cc1ccccc1. The van der Waals surface area contributed by atoms with E-state index in [0.717, 1.165) is 18.5 Å². The zero-order valence-electron chi connectivity index (χ0n) is 16.2. The van der Waals surface area contributed by atoms with Crippen LogP contribution in [0.15, 0.2) is 30.3 Å². The molecule has 2 saturated heterocycles. The van der Waals surface area contributed by atoms with Gasteiger partial charge in [-0.3, -0.25) is 14.6 Å². The number of likely N-dealkylation sites (tertiary alicyclic amines) is 1. The predicted molar refractivity (Wildman–Crippen MR) is 112 cm³/mol. The summed E-state index contributed by atoms with van der Waals surface area (Å²) in [4.78, 5) is 16.1. The van der Waals surface area contributed by atoms with Gasteiger partial charge in [-0.15, -0.1) is 24.8 Å². The summed E-state index contributed by atoms with van der Waals surface area (Å²) in [5.41, 5.74) is 1.10. The second-order valence-corrected chi connectivity index (χ2v) is 7.20. The van der Waals surface area contributed by atoms with Gasteiger partial charge >= 0.3 is 6.18 Å². The van der Waals surface area contributed by atoms with E-state index in [9.17, 15) is 18.0 Å². The van der Waals surface area contributed by atoms with Crippen LogP contribution in [0.5, 0.6) is 0 Å². The van der Waals surface area contributed by atoms with Crippen molar-refractivity contribution in [1.82, 2.24) is 20.4 Å². The first-order valence-electron chi connectivity index (χ1n) is 9.52. The minimum atomic E-state index is -4.36. The standard InChI is InChI=1S/C19H27F3N4O.2ClH/c20-19(21,22)17(25-11-8-23-9-12-25)13-24-18(27)16-7-4-10-26(16)14-15-5-2-1-3-6-15;;/h1-3,5-6,16-17,23H,4,7-14H2,(H,24,27);2*1H. The van der Waals surface area contributed by atoms with Crippen molar-refractivity contribution in [2.24, 2.45) is 0 Å². The van der Waals surface area contributed by atoms with Gasteiger partial charge in [0.2, 0.25) is 5.91 Å². The molecule has 3 rings (SSSR count). The fraction of sp³-hybridized carbons (Fsp3) is 0.632. The molecule has 2 unspecified atom stereocenters. The Kier molecular flexibility index (Phi) is 10.7. The Balaban J connectivity index is 0.00000210. The van der Waals surface area contributed by atoms with Crippen LogP contribution in [0.4, 0.5) is 13.2 Å². The van der Waals surface area contributed by atoms with Crippen molar-refractivity contribution < 1.29 is 18.0 Å². The lowest BCUT2D eigenvalue weighted by Gasteiger charge is -2.36. The first-order valence-corrected chi connectivity index (χ1v) is 9.52. The van der Waals surface area contributed by atoms with E-state index in [1.807, 2.05) is 30.3 Å². The van der Waals surface area contributed by atoms with Gasteiger partial charge in [-0.05, 0) is 24.9 Å². The van der Waals surface area contributed by atoms with Crippen LogP contribution in [0, 0.1) is 0 Å². The maximum atomic E-state index is 13.5. The number of halogens is 5. The minimum Gasteiger partial charge on any atom is -0.353 e. The van der Waals surface area contributed by atoms with Gasteiger partial charge in [0.15, 0.2) is 0 Å². The van der Waals surface area contributed by atoms with E-state index in [2.05, 4.69) is 15.5 Å². The molecule has 2 N–H and O–H groups in total. The maximum absolute atomic E-state index is 13.5. The molecular weight excluding hydrogens is 428 g/mol. The summed E-state index contributed by atoms with van der Waals surface area (Å²) in [6.45, 7) is 2.78. The van der Waals surface area contributed by atoms with Crippen LogP contribution in [-0.2, 0) is 11.3 Å². The van der Waals surface area contributed by atoms with Crippen molar-refractivity contribution in [3.63, 3.8) is 0 Å². The summed E-state index contributed by atoms with van der Waals surface area (Å²) < 4.78 is 40.4. The van der Waals surface area contributed by atoms with Crippen molar-refractivity contribution >= 4 is 30.7 Å². The summed E-state index contributed by atoms with van der Waals surface area (Å²) in [7, 11) is 0. The molecule has 5 nitrogen and oxygen atoms in total. The topological polar surface area (TPSA) is 47.6 Å². The third kappa shape index (κ3) is 7.29. The Morgan fingerprint density at radius 2 is 1.79 bits per heavy atom. The van der Waals surface area contributed by atoms with E-state index >= 15 is 0 Å². The summed E-state index contributed by atoms with van der Waals surface area (Å²) in [6.07, 6.45) is -2.79. The summed E-state index contributed by atoms with van der Waals surface area (Å²) in [5.74, 6) is -0.298. The maximum Gasteiger partial charge on any atom is 0.405 e. The monoisotopic (exact) mass is 456 g/mol. The molecule has 0 aromatic heterocycles.